The minimum atomic E-state index is 0.0827. The normalized spacial score (nSPS) is 10.8. The fraction of sp³-hybridized carbons (Fsp3) is 0.636. The molecule has 0 unspecified atom stereocenters. The van der Waals surface area contributed by atoms with Crippen LogP contribution in [0.15, 0.2) is 12.4 Å². The van der Waals surface area contributed by atoms with Crippen LogP contribution in [0.2, 0.25) is 0 Å². The van der Waals surface area contributed by atoms with Gasteiger partial charge in [-0.3, -0.25) is 9.48 Å². The summed E-state index contributed by atoms with van der Waals surface area (Å²) in [4.78, 5) is 13.7. The summed E-state index contributed by atoms with van der Waals surface area (Å²) in [6.07, 6.45) is 3.22. The van der Waals surface area contributed by atoms with Gasteiger partial charge in [0, 0.05) is 19.3 Å². The third-order valence-electron chi connectivity index (χ3n) is 2.27. The van der Waals surface area contributed by atoms with Gasteiger partial charge in [-0.2, -0.15) is 5.10 Å². The molecule has 0 aliphatic rings. The van der Waals surface area contributed by atoms with Crippen molar-refractivity contribution in [1.29, 1.82) is 0 Å². The number of nitrogens with zero attached hydrogens (tertiary/aromatic N) is 3. The summed E-state index contributed by atoms with van der Waals surface area (Å²) in [6.45, 7) is 7.96. The van der Waals surface area contributed by atoms with Crippen LogP contribution in [0, 0.1) is 5.92 Å². The third-order valence-corrected chi connectivity index (χ3v) is 2.27. The van der Waals surface area contributed by atoms with E-state index in [2.05, 4.69) is 18.9 Å². The summed E-state index contributed by atoms with van der Waals surface area (Å²) in [5, 5.41) is 4.00. The molecule has 0 spiro atoms. The molecule has 0 aromatic carbocycles. The van der Waals surface area contributed by atoms with Crippen molar-refractivity contribution >= 4 is 11.6 Å². The van der Waals surface area contributed by atoms with E-state index < -0.39 is 0 Å². The van der Waals surface area contributed by atoms with Crippen LogP contribution < -0.4 is 5.73 Å². The number of nitrogens with two attached hydrogens (primary N) is 1. The standard InChI is InChI=1S/C11H20N4O/c1-4-14(6-9(2)3)11(16)8-15-7-10(12)5-13-15/h5,7,9H,4,6,8,12H2,1-3H3. The smallest absolute Gasteiger partial charge is 0.244 e. The van der Waals surface area contributed by atoms with E-state index in [-0.39, 0.29) is 12.5 Å². The number of carbonyl (C=O) groups is 1. The largest absolute Gasteiger partial charge is 0.396 e. The van der Waals surface area contributed by atoms with Crippen molar-refractivity contribution in [2.75, 3.05) is 18.8 Å². The zero-order chi connectivity index (χ0) is 12.1. The van der Waals surface area contributed by atoms with Crippen molar-refractivity contribution < 1.29 is 4.79 Å². The molecule has 1 aromatic rings. The summed E-state index contributed by atoms with van der Waals surface area (Å²) in [5.74, 6) is 0.561. The van der Waals surface area contributed by atoms with Gasteiger partial charge < -0.3 is 10.6 Å². The van der Waals surface area contributed by atoms with E-state index in [1.54, 1.807) is 17.1 Å². The van der Waals surface area contributed by atoms with Crippen LogP contribution in [0.25, 0.3) is 0 Å². The number of carbonyl (C=O) groups excluding carboxylic acids is 1. The van der Waals surface area contributed by atoms with E-state index in [4.69, 9.17) is 5.73 Å². The molecule has 1 rings (SSSR count). The molecule has 0 aliphatic carbocycles. The summed E-state index contributed by atoms with van der Waals surface area (Å²) in [7, 11) is 0. The summed E-state index contributed by atoms with van der Waals surface area (Å²) < 4.78 is 1.57. The summed E-state index contributed by atoms with van der Waals surface area (Å²) >= 11 is 0. The Balaban J connectivity index is 2.55. The Kier molecular flexibility index (Phi) is 4.34. The molecule has 0 aliphatic heterocycles. The van der Waals surface area contributed by atoms with Crippen molar-refractivity contribution in [2.45, 2.75) is 27.3 Å². The molecular weight excluding hydrogens is 204 g/mol. The SMILES string of the molecule is CCN(CC(C)C)C(=O)Cn1cc(N)cn1. The van der Waals surface area contributed by atoms with Crippen LogP contribution in [-0.4, -0.2) is 33.7 Å². The highest BCUT2D eigenvalue weighted by atomic mass is 16.2. The molecule has 1 amide bonds. The molecule has 2 N–H and O–H groups in total. The number of nitrogen functional groups attached to an aromatic ring is 1. The van der Waals surface area contributed by atoms with Gasteiger partial charge in [-0.25, -0.2) is 0 Å². The molecule has 0 fully saturated rings. The lowest BCUT2D eigenvalue weighted by molar-refractivity contribution is -0.132. The Morgan fingerprint density at radius 3 is 2.75 bits per heavy atom. The van der Waals surface area contributed by atoms with Crippen LogP contribution >= 0.6 is 0 Å². The minimum absolute atomic E-state index is 0.0827. The minimum Gasteiger partial charge on any atom is -0.396 e. The first-order chi connectivity index (χ1) is 7.52. The van der Waals surface area contributed by atoms with Crippen LogP contribution in [-0.2, 0) is 11.3 Å². The number of likely N-dealkylation sites (N-methyl/N-ethyl adjacent to an activating group) is 1. The Bertz CT molecular complexity index is 346. The van der Waals surface area contributed by atoms with Gasteiger partial charge in [0.1, 0.15) is 6.54 Å². The van der Waals surface area contributed by atoms with Gasteiger partial charge in [0.2, 0.25) is 5.91 Å². The monoisotopic (exact) mass is 224 g/mol. The second kappa shape index (κ2) is 5.53. The van der Waals surface area contributed by atoms with Gasteiger partial charge in [0.15, 0.2) is 0 Å². The van der Waals surface area contributed by atoms with Gasteiger partial charge in [-0.1, -0.05) is 13.8 Å². The first-order valence-electron chi connectivity index (χ1n) is 5.58. The number of hydrogen-bond donors (Lipinski definition) is 1. The Labute approximate surface area is 96.2 Å². The second-order valence-electron chi connectivity index (χ2n) is 4.30. The van der Waals surface area contributed by atoms with E-state index in [0.717, 1.165) is 13.1 Å². The van der Waals surface area contributed by atoms with Crippen LogP contribution in [0.1, 0.15) is 20.8 Å². The zero-order valence-corrected chi connectivity index (χ0v) is 10.2. The van der Waals surface area contributed by atoms with Crippen molar-refractivity contribution in [2.24, 2.45) is 5.92 Å². The maximum absolute atomic E-state index is 11.9. The van der Waals surface area contributed by atoms with Gasteiger partial charge in [0.25, 0.3) is 0 Å². The van der Waals surface area contributed by atoms with Gasteiger partial charge in [-0.15, -0.1) is 0 Å². The molecule has 90 valence electrons. The highest BCUT2D eigenvalue weighted by Crippen LogP contribution is 2.02. The van der Waals surface area contributed by atoms with E-state index in [0.29, 0.717) is 11.6 Å². The predicted octanol–water partition coefficient (Wildman–Crippen LogP) is 0.970. The molecule has 0 saturated carbocycles. The molecule has 0 saturated heterocycles. The Morgan fingerprint density at radius 2 is 2.31 bits per heavy atom. The molecule has 0 radical (unpaired) electrons. The molecule has 5 heteroatoms. The van der Waals surface area contributed by atoms with Crippen LogP contribution in [0.4, 0.5) is 5.69 Å². The molecule has 1 aromatic heterocycles. The Hall–Kier alpha value is -1.52. The predicted molar refractivity (Wildman–Crippen MR) is 63.7 cm³/mol. The lowest BCUT2D eigenvalue weighted by Gasteiger charge is -2.22. The molecule has 16 heavy (non-hydrogen) atoms. The Morgan fingerprint density at radius 1 is 1.62 bits per heavy atom. The summed E-state index contributed by atoms with van der Waals surface area (Å²) in [5.41, 5.74) is 6.12. The maximum Gasteiger partial charge on any atom is 0.244 e. The molecule has 1 heterocycles. The number of amides is 1. The zero-order valence-electron chi connectivity index (χ0n) is 10.2. The fourth-order valence-electron chi connectivity index (χ4n) is 1.55. The first-order valence-corrected chi connectivity index (χ1v) is 5.58. The highest BCUT2D eigenvalue weighted by molar-refractivity contribution is 5.75. The average Bonchev–Trinajstić information content (AvgIpc) is 2.60. The highest BCUT2D eigenvalue weighted by Gasteiger charge is 2.13. The fourth-order valence-corrected chi connectivity index (χ4v) is 1.55. The lowest BCUT2D eigenvalue weighted by Crippen LogP contribution is -2.36. The topological polar surface area (TPSA) is 64.2 Å². The van der Waals surface area contributed by atoms with Gasteiger partial charge in [-0.05, 0) is 12.8 Å². The number of aromatic nitrogens is 2. The first kappa shape index (κ1) is 12.5. The second-order valence-corrected chi connectivity index (χ2v) is 4.30. The van der Waals surface area contributed by atoms with Crippen molar-refractivity contribution in [3.05, 3.63) is 12.4 Å². The quantitative estimate of drug-likeness (QED) is 0.810. The van der Waals surface area contributed by atoms with E-state index in [1.165, 1.54) is 0 Å². The average molecular weight is 224 g/mol. The molecule has 0 bridgehead atoms. The maximum atomic E-state index is 11.9. The van der Waals surface area contributed by atoms with E-state index in [1.807, 2.05) is 11.8 Å². The van der Waals surface area contributed by atoms with Gasteiger partial charge >= 0.3 is 0 Å². The van der Waals surface area contributed by atoms with E-state index in [9.17, 15) is 4.79 Å². The number of hydrogen-bond acceptors (Lipinski definition) is 3. The lowest BCUT2D eigenvalue weighted by atomic mass is 10.2. The van der Waals surface area contributed by atoms with Crippen molar-refractivity contribution in [1.82, 2.24) is 14.7 Å². The van der Waals surface area contributed by atoms with Crippen LogP contribution in [0.5, 0.6) is 0 Å². The van der Waals surface area contributed by atoms with Crippen molar-refractivity contribution in [3.63, 3.8) is 0 Å². The van der Waals surface area contributed by atoms with Crippen molar-refractivity contribution in [3.8, 4) is 0 Å². The number of rotatable bonds is 5. The van der Waals surface area contributed by atoms with Crippen LogP contribution in [0.3, 0.4) is 0 Å². The molecular formula is C11H20N4O. The molecule has 5 nitrogen and oxygen atoms in total. The molecule has 0 atom stereocenters. The third kappa shape index (κ3) is 3.56. The summed E-state index contributed by atoms with van der Waals surface area (Å²) in [6, 6.07) is 0. The number of anilines is 1. The van der Waals surface area contributed by atoms with E-state index >= 15 is 0 Å². The van der Waals surface area contributed by atoms with Gasteiger partial charge in [0.05, 0.1) is 11.9 Å².